The number of piperazine rings is 1. The van der Waals surface area contributed by atoms with Crippen LogP contribution in [0.1, 0.15) is 30.1 Å². The molecule has 1 aromatic carbocycles. The van der Waals surface area contributed by atoms with Gasteiger partial charge in [-0.05, 0) is 38.0 Å². The zero-order chi connectivity index (χ0) is 24.6. The van der Waals surface area contributed by atoms with E-state index in [0.29, 0.717) is 34.9 Å². The maximum atomic E-state index is 9.26. The number of hydrogen-bond donors (Lipinski definition) is 4. The van der Waals surface area contributed by atoms with Crippen LogP contribution in [0.25, 0.3) is 10.9 Å². The van der Waals surface area contributed by atoms with Gasteiger partial charge in [0.05, 0.1) is 11.6 Å². The number of aliphatic hydroxyl groups excluding tert-OH is 1. The van der Waals surface area contributed by atoms with E-state index in [0.717, 1.165) is 54.3 Å². The van der Waals surface area contributed by atoms with Crippen molar-refractivity contribution < 1.29 is 9.84 Å². The van der Waals surface area contributed by atoms with Gasteiger partial charge in [-0.15, -0.1) is 0 Å². The molecule has 4 heterocycles. The Morgan fingerprint density at radius 2 is 1.94 bits per heavy atom. The third-order valence-corrected chi connectivity index (χ3v) is 7.10. The van der Waals surface area contributed by atoms with Crippen molar-refractivity contribution in [2.45, 2.75) is 25.7 Å². The number of ether oxygens (including phenoxy) is 1. The zero-order valence-electron chi connectivity index (χ0n) is 20.1. The largest absolute Gasteiger partial charge is 0.423 e. The molecular formula is C25H29ClN8O2. The van der Waals surface area contributed by atoms with Crippen molar-refractivity contribution >= 4 is 40.0 Å². The summed E-state index contributed by atoms with van der Waals surface area (Å²) in [5, 5.41) is 21.5. The van der Waals surface area contributed by atoms with Crippen LogP contribution in [0.4, 0.5) is 17.5 Å². The molecule has 0 unspecified atom stereocenters. The van der Waals surface area contributed by atoms with Crippen LogP contribution >= 0.6 is 11.6 Å². The van der Waals surface area contributed by atoms with E-state index in [9.17, 15) is 5.11 Å². The Labute approximate surface area is 213 Å². The number of aromatic nitrogens is 5. The van der Waals surface area contributed by atoms with Crippen molar-refractivity contribution in [3.63, 3.8) is 0 Å². The van der Waals surface area contributed by atoms with E-state index in [1.807, 2.05) is 37.3 Å². The lowest BCUT2D eigenvalue weighted by molar-refractivity contribution is 0.188. The van der Waals surface area contributed by atoms with Gasteiger partial charge in [0, 0.05) is 73.1 Å². The highest BCUT2D eigenvalue weighted by atomic mass is 35.5. The number of nitrogens with one attached hydrogen (secondary N) is 3. The number of H-pyrrole nitrogens is 2. The van der Waals surface area contributed by atoms with Gasteiger partial charge in [-0.3, -0.25) is 10.00 Å². The van der Waals surface area contributed by atoms with E-state index < -0.39 is 0 Å². The van der Waals surface area contributed by atoms with Crippen LogP contribution < -0.4 is 15.0 Å². The normalized spacial score (nSPS) is 16.6. The summed E-state index contributed by atoms with van der Waals surface area (Å²) in [5.41, 5.74) is 3.12. The average molecular weight is 509 g/mol. The molecule has 4 aromatic rings. The second kappa shape index (κ2) is 9.61. The van der Waals surface area contributed by atoms with Gasteiger partial charge in [-0.25, -0.2) is 0 Å². The first-order valence-corrected chi connectivity index (χ1v) is 12.7. The summed E-state index contributed by atoms with van der Waals surface area (Å²) in [5.74, 6) is 3.14. The SMILES string of the molecule is Cc1cc2c(Cl)c(Oc3nc(Nc4cc(C5CC5)[nH]n4)cc(N4CCN(CCO)CC4)n3)ccc2[nH]1. The summed E-state index contributed by atoms with van der Waals surface area (Å²) < 4.78 is 6.14. The first-order valence-electron chi connectivity index (χ1n) is 12.3. The minimum absolute atomic E-state index is 0.165. The Balaban J connectivity index is 1.29. The van der Waals surface area contributed by atoms with Crippen LogP contribution in [-0.2, 0) is 0 Å². The van der Waals surface area contributed by atoms with E-state index in [4.69, 9.17) is 21.3 Å². The number of β-amino-alcohol motifs (C(OH)–C–C–N with tert-alkyl or cyclic N) is 1. The molecule has 11 heteroatoms. The fraction of sp³-hybridized carbons (Fsp3) is 0.400. The number of aromatic amines is 2. The van der Waals surface area contributed by atoms with Gasteiger partial charge < -0.3 is 25.0 Å². The first-order chi connectivity index (χ1) is 17.6. The van der Waals surface area contributed by atoms with Crippen LogP contribution in [0.5, 0.6) is 11.8 Å². The number of rotatable bonds is 8. The molecule has 2 aliphatic rings. The molecule has 4 N–H and O–H groups in total. The number of benzene rings is 1. The number of anilines is 3. The predicted octanol–water partition coefficient (Wildman–Crippen LogP) is 4.17. The lowest BCUT2D eigenvalue weighted by Crippen LogP contribution is -2.47. The van der Waals surface area contributed by atoms with Crippen LogP contribution in [0.15, 0.2) is 30.3 Å². The number of aliphatic hydroxyl groups is 1. The van der Waals surface area contributed by atoms with Gasteiger partial charge >= 0.3 is 6.01 Å². The fourth-order valence-corrected chi connectivity index (χ4v) is 4.89. The van der Waals surface area contributed by atoms with Crippen molar-refractivity contribution in [1.82, 2.24) is 30.0 Å². The van der Waals surface area contributed by atoms with Crippen molar-refractivity contribution in [3.8, 4) is 11.8 Å². The number of fused-ring (bicyclic) bond motifs is 1. The molecule has 1 saturated carbocycles. The van der Waals surface area contributed by atoms with E-state index in [1.54, 1.807) is 0 Å². The molecule has 0 bridgehead atoms. The summed E-state index contributed by atoms with van der Waals surface area (Å²) in [6.45, 7) is 6.12. The molecule has 2 fully saturated rings. The maximum absolute atomic E-state index is 9.26. The van der Waals surface area contributed by atoms with Crippen molar-refractivity contribution in [2.75, 3.05) is 49.5 Å². The second-order valence-corrected chi connectivity index (χ2v) is 9.83. The van der Waals surface area contributed by atoms with E-state index in [2.05, 4.69) is 35.3 Å². The van der Waals surface area contributed by atoms with Crippen molar-refractivity contribution in [3.05, 3.63) is 46.7 Å². The van der Waals surface area contributed by atoms with Gasteiger partial charge in [0.25, 0.3) is 0 Å². The summed E-state index contributed by atoms with van der Waals surface area (Å²) in [4.78, 5) is 17.1. The lowest BCUT2D eigenvalue weighted by atomic mass is 10.2. The fourth-order valence-electron chi connectivity index (χ4n) is 4.63. The van der Waals surface area contributed by atoms with E-state index >= 15 is 0 Å². The van der Waals surface area contributed by atoms with Gasteiger partial charge in [-0.2, -0.15) is 15.1 Å². The summed E-state index contributed by atoms with van der Waals surface area (Å²) in [6.07, 6.45) is 2.40. The maximum Gasteiger partial charge on any atom is 0.325 e. The van der Waals surface area contributed by atoms with Gasteiger partial charge in [0.15, 0.2) is 5.82 Å². The van der Waals surface area contributed by atoms with Crippen LogP contribution in [-0.4, -0.2) is 74.5 Å². The Bertz CT molecular complexity index is 1370. The molecule has 188 valence electrons. The number of halogens is 1. The highest BCUT2D eigenvalue weighted by Gasteiger charge is 2.26. The molecule has 36 heavy (non-hydrogen) atoms. The molecule has 1 saturated heterocycles. The Morgan fingerprint density at radius 3 is 2.72 bits per heavy atom. The van der Waals surface area contributed by atoms with Gasteiger partial charge in [0.1, 0.15) is 17.4 Å². The third-order valence-electron chi connectivity index (χ3n) is 6.71. The molecule has 1 aliphatic carbocycles. The predicted molar refractivity (Wildman–Crippen MR) is 140 cm³/mol. The van der Waals surface area contributed by atoms with Gasteiger partial charge in [-0.1, -0.05) is 11.6 Å². The lowest BCUT2D eigenvalue weighted by Gasteiger charge is -2.35. The quantitative estimate of drug-likeness (QED) is 0.280. The Kier molecular flexibility index (Phi) is 6.16. The molecular weight excluding hydrogens is 480 g/mol. The molecule has 0 radical (unpaired) electrons. The van der Waals surface area contributed by atoms with Crippen LogP contribution in [0, 0.1) is 6.92 Å². The first kappa shape index (κ1) is 23.1. The highest BCUT2D eigenvalue weighted by Crippen LogP contribution is 2.40. The number of aryl methyl sites for hydroxylation is 1. The topological polar surface area (TPSA) is 118 Å². The summed E-state index contributed by atoms with van der Waals surface area (Å²) in [6, 6.07) is 9.92. The zero-order valence-corrected chi connectivity index (χ0v) is 20.8. The summed E-state index contributed by atoms with van der Waals surface area (Å²) in [7, 11) is 0. The van der Waals surface area contributed by atoms with Crippen molar-refractivity contribution in [2.24, 2.45) is 0 Å². The van der Waals surface area contributed by atoms with Crippen LogP contribution in [0.2, 0.25) is 5.02 Å². The second-order valence-electron chi connectivity index (χ2n) is 9.45. The minimum atomic E-state index is 0.165. The minimum Gasteiger partial charge on any atom is -0.423 e. The number of nitrogens with zero attached hydrogens (tertiary/aromatic N) is 5. The number of hydrogen-bond acceptors (Lipinski definition) is 8. The van der Waals surface area contributed by atoms with Gasteiger partial charge in [0.2, 0.25) is 0 Å². The molecule has 1 aliphatic heterocycles. The van der Waals surface area contributed by atoms with E-state index in [-0.39, 0.29) is 12.6 Å². The highest BCUT2D eigenvalue weighted by molar-refractivity contribution is 6.37. The monoisotopic (exact) mass is 508 g/mol. The Hall–Kier alpha value is -3.34. The average Bonchev–Trinajstić information content (AvgIpc) is 3.50. The van der Waals surface area contributed by atoms with Crippen LogP contribution in [0.3, 0.4) is 0 Å². The smallest absolute Gasteiger partial charge is 0.325 e. The molecule has 10 nitrogen and oxygen atoms in total. The molecule has 0 atom stereocenters. The molecule has 3 aromatic heterocycles. The molecule has 0 spiro atoms. The third kappa shape index (κ3) is 4.84. The Morgan fingerprint density at radius 1 is 1.11 bits per heavy atom. The summed E-state index contributed by atoms with van der Waals surface area (Å²) >= 11 is 6.68. The van der Waals surface area contributed by atoms with Crippen molar-refractivity contribution in [1.29, 1.82) is 0 Å². The standard InChI is InChI=1S/C25H29ClN8O2/c1-15-12-17-18(27-15)4-5-20(24(17)26)36-25-29-21(28-22-13-19(31-32-22)16-2-3-16)14-23(30-25)34-8-6-33(7-9-34)10-11-35/h4-5,12-14,16,27,35H,2-3,6-11H2,1H3,(H2,28,29,30,31,32). The molecule has 0 amide bonds. The van der Waals surface area contributed by atoms with E-state index in [1.165, 1.54) is 12.8 Å². The molecule has 6 rings (SSSR count).